The molecule has 0 spiro atoms. The van der Waals surface area contributed by atoms with Gasteiger partial charge in [-0.05, 0) is 17.7 Å². The number of carbonyl (C=O) groups is 1. The maximum Gasteiger partial charge on any atom is 0.230 e. The summed E-state index contributed by atoms with van der Waals surface area (Å²) in [6.07, 6.45) is 0. The SMILES string of the molecule is COCC(CO)NC(=O)CSCc1ccc(F)cc1. The van der Waals surface area contributed by atoms with E-state index in [1.807, 2.05) is 0 Å². The lowest BCUT2D eigenvalue weighted by atomic mass is 10.2. The molecule has 0 aliphatic heterocycles. The Morgan fingerprint density at radius 2 is 2.16 bits per heavy atom. The number of rotatable bonds is 8. The van der Waals surface area contributed by atoms with Crippen molar-refractivity contribution in [1.29, 1.82) is 0 Å². The van der Waals surface area contributed by atoms with Gasteiger partial charge in [0.25, 0.3) is 0 Å². The molecule has 1 aromatic carbocycles. The number of amides is 1. The van der Waals surface area contributed by atoms with Crippen LogP contribution in [0, 0.1) is 5.82 Å². The molecule has 0 saturated carbocycles. The van der Waals surface area contributed by atoms with E-state index in [1.165, 1.54) is 31.0 Å². The van der Waals surface area contributed by atoms with Gasteiger partial charge in [-0.1, -0.05) is 12.1 Å². The van der Waals surface area contributed by atoms with Gasteiger partial charge in [-0.15, -0.1) is 11.8 Å². The Morgan fingerprint density at radius 1 is 1.47 bits per heavy atom. The molecule has 0 radical (unpaired) electrons. The molecular weight excluding hydrogens is 269 g/mol. The Morgan fingerprint density at radius 3 is 2.74 bits per heavy atom. The minimum absolute atomic E-state index is 0.150. The number of ether oxygens (including phenoxy) is 1. The summed E-state index contributed by atoms with van der Waals surface area (Å²) < 4.78 is 17.5. The van der Waals surface area contributed by atoms with Gasteiger partial charge in [-0.3, -0.25) is 4.79 Å². The smallest absolute Gasteiger partial charge is 0.230 e. The Labute approximate surface area is 116 Å². The molecule has 106 valence electrons. The third-order valence-corrected chi connectivity index (χ3v) is 3.37. The van der Waals surface area contributed by atoms with Crippen molar-refractivity contribution < 1.29 is 19.0 Å². The first kappa shape index (κ1) is 15.9. The molecular formula is C13H18FNO3S. The fourth-order valence-corrected chi connectivity index (χ4v) is 2.25. The van der Waals surface area contributed by atoms with Crippen LogP contribution in [0.5, 0.6) is 0 Å². The summed E-state index contributed by atoms with van der Waals surface area (Å²) >= 11 is 1.43. The van der Waals surface area contributed by atoms with Crippen molar-refractivity contribution in [2.45, 2.75) is 11.8 Å². The van der Waals surface area contributed by atoms with Crippen LogP contribution in [0.15, 0.2) is 24.3 Å². The number of carbonyl (C=O) groups excluding carboxylic acids is 1. The van der Waals surface area contributed by atoms with Crippen LogP contribution in [-0.4, -0.2) is 43.1 Å². The molecule has 19 heavy (non-hydrogen) atoms. The molecule has 1 amide bonds. The van der Waals surface area contributed by atoms with Gasteiger partial charge in [0.15, 0.2) is 0 Å². The lowest BCUT2D eigenvalue weighted by Gasteiger charge is -2.14. The molecule has 0 heterocycles. The van der Waals surface area contributed by atoms with Crippen LogP contribution in [0.2, 0.25) is 0 Å². The van der Waals surface area contributed by atoms with E-state index in [9.17, 15) is 9.18 Å². The van der Waals surface area contributed by atoms with E-state index in [4.69, 9.17) is 9.84 Å². The Hall–Kier alpha value is -1.11. The van der Waals surface area contributed by atoms with Crippen molar-refractivity contribution in [2.24, 2.45) is 0 Å². The van der Waals surface area contributed by atoms with E-state index in [1.54, 1.807) is 12.1 Å². The van der Waals surface area contributed by atoms with Gasteiger partial charge < -0.3 is 15.2 Å². The minimum atomic E-state index is -0.371. The second-order valence-corrected chi connectivity index (χ2v) is 5.01. The number of methoxy groups -OCH3 is 1. The minimum Gasteiger partial charge on any atom is -0.394 e. The van der Waals surface area contributed by atoms with Crippen molar-refractivity contribution in [3.05, 3.63) is 35.6 Å². The molecule has 1 rings (SSSR count). The Balaban J connectivity index is 2.24. The first-order valence-corrected chi connectivity index (χ1v) is 7.02. The number of halogens is 1. The van der Waals surface area contributed by atoms with E-state index in [-0.39, 0.29) is 36.7 Å². The molecule has 0 bridgehead atoms. The molecule has 0 saturated heterocycles. The molecule has 0 aliphatic rings. The Kier molecular flexibility index (Phi) is 7.47. The average molecular weight is 287 g/mol. The van der Waals surface area contributed by atoms with Gasteiger partial charge in [0.2, 0.25) is 5.91 Å². The zero-order chi connectivity index (χ0) is 14.1. The molecule has 2 N–H and O–H groups in total. The fourth-order valence-electron chi connectivity index (χ4n) is 1.45. The lowest BCUT2D eigenvalue weighted by Crippen LogP contribution is -2.41. The quantitative estimate of drug-likeness (QED) is 0.754. The van der Waals surface area contributed by atoms with Crippen LogP contribution in [0.25, 0.3) is 0 Å². The summed E-state index contributed by atoms with van der Waals surface area (Å²) in [5.41, 5.74) is 0.967. The molecule has 1 atom stereocenters. The summed E-state index contributed by atoms with van der Waals surface area (Å²) in [4.78, 5) is 11.6. The van der Waals surface area contributed by atoms with Crippen molar-refractivity contribution in [3.63, 3.8) is 0 Å². The van der Waals surface area contributed by atoms with Crippen molar-refractivity contribution in [3.8, 4) is 0 Å². The second-order valence-electron chi connectivity index (χ2n) is 4.02. The number of aliphatic hydroxyl groups excluding tert-OH is 1. The second kappa shape index (κ2) is 8.90. The predicted octanol–water partition coefficient (Wildman–Crippen LogP) is 1.18. The van der Waals surface area contributed by atoms with Gasteiger partial charge in [0.05, 0.1) is 25.0 Å². The van der Waals surface area contributed by atoms with Gasteiger partial charge >= 0.3 is 0 Å². The lowest BCUT2D eigenvalue weighted by molar-refractivity contribution is -0.120. The number of nitrogens with one attached hydrogen (secondary N) is 1. The number of thioether (sulfide) groups is 1. The van der Waals surface area contributed by atoms with Gasteiger partial charge in [0, 0.05) is 12.9 Å². The zero-order valence-electron chi connectivity index (χ0n) is 10.8. The highest BCUT2D eigenvalue weighted by atomic mass is 32.2. The van der Waals surface area contributed by atoms with E-state index in [2.05, 4.69) is 5.32 Å². The van der Waals surface area contributed by atoms with Crippen LogP contribution in [0.3, 0.4) is 0 Å². The predicted molar refractivity (Wildman–Crippen MR) is 73.5 cm³/mol. The van der Waals surface area contributed by atoms with Gasteiger partial charge in [-0.25, -0.2) is 4.39 Å². The monoisotopic (exact) mass is 287 g/mol. The zero-order valence-corrected chi connectivity index (χ0v) is 11.6. The maximum atomic E-state index is 12.7. The van der Waals surface area contributed by atoms with Crippen LogP contribution in [0.1, 0.15) is 5.56 Å². The maximum absolute atomic E-state index is 12.7. The van der Waals surface area contributed by atoms with Gasteiger partial charge in [-0.2, -0.15) is 0 Å². The van der Waals surface area contributed by atoms with E-state index in [0.29, 0.717) is 5.75 Å². The summed E-state index contributed by atoms with van der Waals surface area (Å²) in [7, 11) is 1.51. The topological polar surface area (TPSA) is 58.6 Å². The molecule has 1 unspecified atom stereocenters. The highest BCUT2D eigenvalue weighted by Crippen LogP contribution is 2.12. The van der Waals surface area contributed by atoms with Crippen molar-refractivity contribution in [2.75, 3.05) is 26.1 Å². The standard InChI is InChI=1S/C13H18FNO3S/c1-18-7-12(6-16)15-13(17)9-19-8-10-2-4-11(14)5-3-10/h2-5,12,16H,6-9H2,1H3,(H,15,17). The van der Waals surface area contributed by atoms with Crippen LogP contribution in [-0.2, 0) is 15.3 Å². The van der Waals surface area contributed by atoms with Crippen LogP contribution >= 0.6 is 11.8 Å². The van der Waals surface area contributed by atoms with Crippen LogP contribution < -0.4 is 5.32 Å². The summed E-state index contributed by atoms with van der Waals surface area (Å²) in [5.74, 6) is 0.513. The molecule has 4 nitrogen and oxygen atoms in total. The largest absolute Gasteiger partial charge is 0.394 e. The van der Waals surface area contributed by atoms with E-state index in [0.717, 1.165) is 5.56 Å². The number of benzene rings is 1. The summed E-state index contributed by atoms with van der Waals surface area (Å²) in [6.45, 7) is 0.132. The average Bonchev–Trinajstić information content (AvgIpc) is 2.40. The molecule has 1 aromatic rings. The summed E-state index contributed by atoms with van der Waals surface area (Å²) in [5, 5.41) is 11.7. The number of aliphatic hydroxyl groups is 1. The molecule has 0 aromatic heterocycles. The van der Waals surface area contributed by atoms with Crippen LogP contribution in [0.4, 0.5) is 4.39 Å². The van der Waals surface area contributed by atoms with Gasteiger partial charge in [0.1, 0.15) is 5.82 Å². The molecule has 0 fully saturated rings. The third kappa shape index (κ3) is 6.56. The van der Waals surface area contributed by atoms with Crippen molar-refractivity contribution in [1.82, 2.24) is 5.32 Å². The molecule has 0 aliphatic carbocycles. The third-order valence-electron chi connectivity index (χ3n) is 2.37. The highest BCUT2D eigenvalue weighted by Gasteiger charge is 2.10. The normalized spacial score (nSPS) is 12.2. The van der Waals surface area contributed by atoms with Crippen molar-refractivity contribution >= 4 is 17.7 Å². The first-order chi connectivity index (χ1) is 9.15. The fraction of sp³-hybridized carbons (Fsp3) is 0.462. The number of hydrogen-bond acceptors (Lipinski definition) is 4. The molecule has 6 heteroatoms. The van der Waals surface area contributed by atoms with E-state index >= 15 is 0 Å². The summed E-state index contributed by atoms with van der Waals surface area (Å²) in [6, 6.07) is 5.82. The van der Waals surface area contributed by atoms with E-state index < -0.39 is 0 Å². The Bertz CT molecular complexity index is 386. The first-order valence-electron chi connectivity index (χ1n) is 5.87. The number of hydrogen-bond donors (Lipinski definition) is 2. The highest BCUT2D eigenvalue weighted by molar-refractivity contribution is 7.99.